The lowest BCUT2D eigenvalue weighted by Gasteiger charge is -2.05. The van der Waals surface area contributed by atoms with Crippen LogP contribution in [0.15, 0.2) is 37.1 Å². The summed E-state index contributed by atoms with van der Waals surface area (Å²) < 4.78 is 2.03. The number of rotatable bonds is 4. The van der Waals surface area contributed by atoms with E-state index in [0.29, 0.717) is 0 Å². The summed E-state index contributed by atoms with van der Waals surface area (Å²) in [7, 11) is 0. The molecule has 0 saturated heterocycles. The summed E-state index contributed by atoms with van der Waals surface area (Å²) in [6.45, 7) is 3.78. The van der Waals surface area contributed by atoms with Crippen molar-refractivity contribution in [3.8, 4) is 0 Å². The van der Waals surface area contributed by atoms with Crippen molar-refractivity contribution >= 4 is 5.82 Å². The van der Waals surface area contributed by atoms with Crippen molar-refractivity contribution in [2.45, 2.75) is 13.5 Å². The number of imidazole rings is 1. The lowest BCUT2D eigenvalue weighted by molar-refractivity contribution is 0.796. The van der Waals surface area contributed by atoms with E-state index in [4.69, 9.17) is 0 Å². The normalized spacial score (nSPS) is 10.2. The number of hydrogen-bond donors (Lipinski definition) is 1. The second kappa shape index (κ2) is 4.59. The molecule has 0 radical (unpaired) electrons. The number of anilines is 1. The molecule has 2 heterocycles. The van der Waals surface area contributed by atoms with Gasteiger partial charge in [0.05, 0.1) is 6.33 Å². The second-order valence-corrected chi connectivity index (χ2v) is 3.31. The topological polar surface area (TPSA) is 42.7 Å². The van der Waals surface area contributed by atoms with E-state index >= 15 is 0 Å². The summed E-state index contributed by atoms with van der Waals surface area (Å²) in [6, 6.07) is 4.07. The molecule has 1 N–H and O–H groups in total. The van der Waals surface area contributed by atoms with E-state index in [1.807, 2.05) is 29.4 Å². The number of nitrogens with one attached hydrogen (secondary N) is 1. The van der Waals surface area contributed by atoms with Crippen molar-refractivity contribution in [2.24, 2.45) is 0 Å². The van der Waals surface area contributed by atoms with E-state index in [2.05, 4.69) is 28.3 Å². The number of aromatic nitrogens is 3. The Hall–Kier alpha value is -1.84. The zero-order chi connectivity index (χ0) is 10.5. The second-order valence-electron chi connectivity index (χ2n) is 3.31. The summed E-state index contributed by atoms with van der Waals surface area (Å²) in [4.78, 5) is 8.23. The third-order valence-electron chi connectivity index (χ3n) is 2.11. The Kier molecular flexibility index (Phi) is 2.97. The standard InChI is InChI=1S/C11H14N4/c1-2-13-11-7-10(3-4-14-11)8-15-6-5-12-9-15/h3-7,9H,2,8H2,1H3,(H,13,14). The molecule has 0 bridgehead atoms. The molecular formula is C11H14N4. The van der Waals surface area contributed by atoms with Gasteiger partial charge >= 0.3 is 0 Å². The van der Waals surface area contributed by atoms with Gasteiger partial charge in [0.2, 0.25) is 0 Å². The lowest BCUT2D eigenvalue weighted by Crippen LogP contribution is -2.01. The van der Waals surface area contributed by atoms with E-state index in [-0.39, 0.29) is 0 Å². The zero-order valence-corrected chi connectivity index (χ0v) is 8.72. The summed E-state index contributed by atoms with van der Waals surface area (Å²) in [5.41, 5.74) is 1.22. The molecule has 0 atom stereocenters. The average Bonchev–Trinajstić information content (AvgIpc) is 2.71. The van der Waals surface area contributed by atoms with Crippen LogP contribution < -0.4 is 5.32 Å². The SMILES string of the molecule is CCNc1cc(Cn2ccnc2)ccn1. The molecule has 4 nitrogen and oxygen atoms in total. The van der Waals surface area contributed by atoms with Gasteiger partial charge in [-0.15, -0.1) is 0 Å². The number of nitrogens with zero attached hydrogens (tertiary/aromatic N) is 3. The molecule has 2 aromatic rings. The molecule has 0 unspecified atom stereocenters. The first-order valence-electron chi connectivity index (χ1n) is 5.03. The highest BCUT2D eigenvalue weighted by atomic mass is 15.0. The van der Waals surface area contributed by atoms with Gasteiger partial charge in [0.25, 0.3) is 0 Å². The van der Waals surface area contributed by atoms with Crippen LogP contribution >= 0.6 is 0 Å². The Labute approximate surface area is 89.0 Å². The molecule has 0 aliphatic heterocycles. The van der Waals surface area contributed by atoms with Crippen LogP contribution in [0.25, 0.3) is 0 Å². The maximum atomic E-state index is 4.22. The van der Waals surface area contributed by atoms with Gasteiger partial charge in [-0.05, 0) is 24.6 Å². The van der Waals surface area contributed by atoms with Crippen LogP contribution in [-0.4, -0.2) is 21.1 Å². The highest BCUT2D eigenvalue weighted by Gasteiger charge is 1.97. The third-order valence-corrected chi connectivity index (χ3v) is 2.11. The Morgan fingerprint density at radius 2 is 2.33 bits per heavy atom. The van der Waals surface area contributed by atoms with Crippen LogP contribution in [0, 0.1) is 0 Å². The predicted molar refractivity (Wildman–Crippen MR) is 59.7 cm³/mol. The first-order chi connectivity index (χ1) is 7.38. The molecule has 2 rings (SSSR count). The van der Waals surface area contributed by atoms with Gasteiger partial charge in [-0.3, -0.25) is 0 Å². The Bertz CT molecular complexity index is 408. The zero-order valence-electron chi connectivity index (χ0n) is 8.72. The van der Waals surface area contributed by atoms with Gasteiger partial charge in [0.15, 0.2) is 0 Å². The van der Waals surface area contributed by atoms with E-state index in [1.54, 1.807) is 6.20 Å². The van der Waals surface area contributed by atoms with E-state index < -0.39 is 0 Å². The summed E-state index contributed by atoms with van der Waals surface area (Å²) in [5, 5.41) is 3.19. The monoisotopic (exact) mass is 202 g/mol. The Morgan fingerprint density at radius 3 is 3.07 bits per heavy atom. The van der Waals surface area contributed by atoms with Crippen molar-refractivity contribution in [3.05, 3.63) is 42.6 Å². The van der Waals surface area contributed by atoms with Crippen LogP contribution in [0.1, 0.15) is 12.5 Å². The fraction of sp³-hybridized carbons (Fsp3) is 0.273. The fourth-order valence-corrected chi connectivity index (χ4v) is 1.44. The Morgan fingerprint density at radius 1 is 1.40 bits per heavy atom. The van der Waals surface area contributed by atoms with Gasteiger partial charge in [-0.25, -0.2) is 9.97 Å². The average molecular weight is 202 g/mol. The summed E-state index contributed by atoms with van der Waals surface area (Å²) in [5.74, 6) is 0.926. The smallest absolute Gasteiger partial charge is 0.126 e. The molecule has 0 aromatic carbocycles. The van der Waals surface area contributed by atoms with Crippen molar-refractivity contribution < 1.29 is 0 Å². The van der Waals surface area contributed by atoms with Gasteiger partial charge in [-0.1, -0.05) is 0 Å². The molecule has 15 heavy (non-hydrogen) atoms. The minimum Gasteiger partial charge on any atom is -0.370 e. The molecule has 0 aliphatic rings. The Balaban J connectivity index is 2.11. The molecule has 2 aromatic heterocycles. The van der Waals surface area contributed by atoms with Crippen molar-refractivity contribution in [1.29, 1.82) is 0 Å². The van der Waals surface area contributed by atoms with Crippen molar-refractivity contribution in [2.75, 3.05) is 11.9 Å². The van der Waals surface area contributed by atoms with Crippen LogP contribution in [-0.2, 0) is 6.54 Å². The van der Waals surface area contributed by atoms with Crippen LogP contribution in [0.4, 0.5) is 5.82 Å². The maximum Gasteiger partial charge on any atom is 0.126 e. The molecule has 0 amide bonds. The van der Waals surface area contributed by atoms with Gasteiger partial charge in [0, 0.05) is 31.7 Å². The van der Waals surface area contributed by atoms with Crippen molar-refractivity contribution in [1.82, 2.24) is 14.5 Å². The van der Waals surface area contributed by atoms with Crippen LogP contribution in [0.2, 0.25) is 0 Å². The van der Waals surface area contributed by atoms with Crippen LogP contribution in [0.5, 0.6) is 0 Å². The lowest BCUT2D eigenvalue weighted by atomic mass is 10.2. The highest BCUT2D eigenvalue weighted by molar-refractivity contribution is 5.37. The van der Waals surface area contributed by atoms with Gasteiger partial charge in [0.1, 0.15) is 5.82 Å². The largest absolute Gasteiger partial charge is 0.370 e. The summed E-state index contributed by atoms with van der Waals surface area (Å²) in [6.07, 6.45) is 7.37. The van der Waals surface area contributed by atoms with E-state index in [9.17, 15) is 0 Å². The molecular weight excluding hydrogens is 188 g/mol. The number of pyridine rings is 1. The van der Waals surface area contributed by atoms with E-state index in [1.165, 1.54) is 5.56 Å². The van der Waals surface area contributed by atoms with E-state index in [0.717, 1.165) is 18.9 Å². The van der Waals surface area contributed by atoms with Crippen LogP contribution in [0.3, 0.4) is 0 Å². The minimum absolute atomic E-state index is 0.834. The third kappa shape index (κ3) is 2.56. The molecule has 0 saturated carbocycles. The van der Waals surface area contributed by atoms with Gasteiger partial charge in [-0.2, -0.15) is 0 Å². The molecule has 4 heteroatoms. The molecule has 0 aliphatic carbocycles. The summed E-state index contributed by atoms with van der Waals surface area (Å²) >= 11 is 0. The first kappa shape index (κ1) is 9.71. The minimum atomic E-state index is 0.834. The molecule has 0 fully saturated rings. The molecule has 0 spiro atoms. The quantitative estimate of drug-likeness (QED) is 0.821. The predicted octanol–water partition coefficient (Wildman–Crippen LogP) is 1.76. The fourth-order valence-electron chi connectivity index (χ4n) is 1.44. The first-order valence-corrected chi connectivity index (χ1v) is 5.03. The highest BCUT2D eigenvalue weighted by Crippen LogP contribution is 2.07. The van der Waals surface area contributed by atoms with Gasteiger partial charge < -0.3 is 9.88 Å². The maximum absolute atomic E-state index is 4.22. The molecule has 78 valence electrons. The number of hydrogen-bond acceptors (Lipinski definition) is 3. The van der Waals surface area contributed by atoms with Crippen molar-refractivity contribution in [3.63, 3.8) is 0 Å².